The van der Waals surface area contributed by atoms with E-state index < -0.39 is 0 Å². The molecule has 7 rings (SSSR count). The predicted octanol–water partition coefficient (Wildman–Crippen LogP) is 12.9. The smallest absolute Gasteiger partial charge is 0.0542 e. The molecule has 0 unspecified atom stereocenters. The molecule has 0 fully saturated rings. The number of halogens is 1. The maximum absolute atomic E-state index is 6.74. The summed E-state index contributed by atoms with van der Waals surface area (Å²) in [5.74, 6) is 0. The fourth-order valence-electron chi connectivity index (χ4n) is 7.48. The molecular weight excluding hydrogens is 580 g/mol. The average Bonchev–Trinajstić information content (AvgIpc) is 3.32. The topological polar surface area (TPSA) is 8.17 Å². The second kappa shape index (κ2) is 10.8. The standard InChI is InChI=1S/C43H45ClN2/c1-28-22-30(44)25-34(23-28)45(33-15-17-37-38(27-33)43(7,8)21-20-42(37,5)6)32-16-19-40-36(26-32)35-24-29(41(2,3)4)14-18-39(35)46(40)31-12-10-9-11-13-31/h9-19,22-27H,20-21H2,1-8H3. The summed E-state index contributed by atoms with van der Waals surface area (Å²) in [7, 11) is 0. The molecule has 3 heteroatoms. The Kier molecular flexibility index (Phi) is 7.18. The van der Waals surface area contributed by atoms with Gasteiger partial charge in [-0.25, -0.2) is 0 Å². The molecule has 234 valence electrons. The van der Waals surface area contributed by atoms with Crippen LogP contribution >= 0.6 is 11.6 Å². The fraction of sp³-hybridized carbons (Fsp3) is 0.302. The van der Waals surface area contributed by atoms with E-state index in [1.807, 2.05) is 6.07 Å². The van der Waals surface area contributed by atoms with E-state index in [2.05, 4.69) is 162 Å². The summed E-state index contributed by atoms with van der Waals surface area (Å²) in [6.45, 7) is 18.6. The Bertz CT molecular complexity index is 2090. The Morgan fingerprint density at radius 1 is 0.630 bits per heavy atom. The molecule has 0 aliphatic heterocycles. The van der Waals surface area contributed by atoms with Gasteiger partial charge in [-0.1, -0.05) is 90.4 Å². The van der Waals surface area contributed by atoms with Crippen LogP contribution in [0, 0.1) is 6.92 Å². The van der Waals surface area contributed by atoms with Crippen molar-refractivity contribution in [1.29, 1.82) is 0 Å². The van der Waals surface area contributed by atoms with Gasteiger partial charge >= 0.3 is 0 Å². The minimum absolute atomic E-state index is 0.0427. The molecule has 0 amide bonds. The highest BCUT2D eigenvalue weighted by Gasteiger charge is 2.37. The Labute approximate surface area is 279 Å². The number of aromatic nitrogens is 1. The van der Waals surface area contributed by atoms with Crippen LogP contribution in [0.1, 0.15) is 83.6 Å². The number of para-hydroxylation sites is 1. The van der Waals surface area contributed by atoms with Gasteiger partial charge in [0, 0.05) is 38.5 Å². The highest BCUT2D eigenvalue weighted by Crippen LogP contribution is 2.49. The highest BCUT2D eigenvalue weighted by atomic mass is 35.5. The summed E-state index contributed by atoms with van der Waals surface area (Å²) < 4.78 is 2.40. The second-order valence-electron chi connectivity index (χ2n) is 15.7. The third kappa shape index (κ3) is 5.21. The average molecular weight is 625 g/mol. The second-order valence-corrected chi connectivity index (χ2v) is 16.1. The first-order valence-corrected chi connectivity index (χ1v) is 17.0. The van der Waals surface area contributed by atoms with Crippen molar-refractivity contribution in [2.75, 3.05) is 4.90 Å². The monoisotopic (exact) mass is 624 g/mol. The summed E-state index contributed by atoms with van der Waals surface area (Å²) in [6.07, 6.45) is 2.37. The van der Waals surface area contributed by atoms with Crippen molar-refractivity contribution < 1.29 is 0 Å². The number of anilines is 3. The quantitative estimate of drug-likeness (QED) is 0.189. The zero-order chi connectivity index (χ0) is 32.6. The summed E-state index contributed by atoms with van der Waals surface area (Å²) in [6, 6.07) is 38.2. The lowest BCUT2D eigenvalue weighted by Crippen LogP contribution is -2.34. The first-order valence-electron chi connectivity index (χ1n) is 16.6. The number of hydrogen-bond acceptors (Lipinski definition) is 1. The van der Waals surface area contributed by atoms with E-state index in [-0.39, 0.29) is 16.2 Å². The molecule has 1 heterocycles. The van der Waals surface area contributed by atoms with Crippen LogP contribution in [0.15, 0.2) is 103 Å². The molecule has 0 N–H and O–H groups in total. The van der Waals surface area contributed by atoms with Crippen molar-refractivity contribution in [2.45, 2.75) is 84.5 Å². The molecule has 1 aliphatic carbocycles. The number of hydrogen-bond donors (Lipinski definition) is 0. The van der Waals surface area contributed by atoms with Gasteiger partial charge in [0.05, 0.1) is 11.0 Å². The highest BCUT2D eigenvalue weighted by molar-refractivity contribution is 6.31. The van der Waals surface area contributed by atoms with Crippen molar-refractivity contribution in [3.05, 3.63) is 130 Å². The normalized spacial score (nSPS) is 15.7. The van der Waals surface area contributed by atoms with Gasteiger partial charge in [-0.15, -0.1) is 0 Å². The van der Waals surface area contributed by atoms with Crippen molar-refractivity contribution in [3.8, 4) is 5.69 Å². The van der Waals surface area contributed by atoms with Gasteiger partial charge in [0.2, 0.25) is 0 Å². The van der Waals surface area contributed by atoms with Gasteiger partial charge in [0.25, 0.3) is 0 Å². The molecular formula is C43H45ClN2. The van der Waals surface area contributed by atoms with E-state index >= 15 is 0 Å². The van der Waals surface area contributed by atoms with E-state index in [1.165, 1.54) is 57.0 Å². The van der Waals surface area contributed by atoms with E-state index in [4.69, 9.17) is 11.6 Å². The minimum atomic E-state index is 0.0427. The van der Waals surface area contributed by atoms with Gasteiger partial charge < -0.3 is 9.47 Å². The van der Waals surface area contributed by atoms with Crippen LogP contribution < -0.4 is 4.90 Å². The number of aryl methyl sites for hydroxylation is 1. The minimum Gasteiger partial charge on any atom is -0.310 e. The fourth-order valence-corrected chi connectivity index (χ4v) is 7.77. The molecule has 6 aromatic rings. The SMILES string of the molecule is Cc1cc(Cl)cc(N(c2ccc3c(c2)C(C)(C)CCC3(C)C)c2ccc3c(c2)c2cc(C(C)(C)C)ccc2n3-c2ccccc2)c1. The molecule has 0 atom stereocenters. The van der Waals surface area contributed by atoms with Gasteiger partial charge in [-0.05, 0) is 131 Å². The molecule has 1 aromatic heterocycles. The molecule has 46 heavy (non-hydrogen) atoms. The number of benzene rings is 5. The number of nitrogens with zero attached hydrogens (tertiary/aromatic N) is 2. The van der Waals surface area contributed by atoms with Crippen molar-refractivity contribution >= 4 is 50.5 Å². The van der Waals surface area contributed by atoms with Crippen LogP contribution in [-0.2, 0) is 16.2 Å². The van der Waals surface area contributed by atoms with Crippen molar-refractivity contribution in [2.24, 2.45) is 0 Å². The molecule has 2 nitrogen and oxygen atoms in total. The first-order chi connectivity index (χ1) is 21.7. The summed E-state index contributed by atoms with van der Waals surface area (Å²) in [4.78, 5) is 2.40. The summed E-state index contributed by atoms with van der Waals surface area (Å²) >= 11 is 6.74. The van der Waals surface area contributed by atoms with E-state index in [0.717, 1.165) is 27.6 Å². The molecule has 5 aromatic carbocycles. The maximum Gasteiger partial charge on any atom is 0.0542 e. The van der Waals surface area contributed by atoms with Crippen LogP contribution in [0.5, 0.6) is 0 Å². The Morgan fingerprint density at radius 2 is 1.24 bits per heavy atom. The number of rotatable bonds is 4. The lowest BCUT2D eigenvalue weighted by molar-refractivity contribution is 0.332. The maximum atomic E-state index is 6.74. The van der Waals surface area contributed by atoms with E-state index in [9.17, 15) is 0 Å². The van der Waals surface area contributed by atoms with E-state index in [0.29, 0.717) is 0 Å². The number of fused-ring (bicyclic) bond motifs is 4. The Hall–Kier alpha value is -4.01. The Balaban J connectivity index is 1.51. The van der Waals surface area contributed by atoms with E-state index in [1.54, 1.807) is 0 Å². The molecule has 0 saturated carbocycles. The predicted molar refractivity (Wildman–Crippen MR) is 199 cm³/mol. The van der Waals surface area contributed by atoms with Crippen molar-refractivity contribution in [3.63, 3.8) is 0 Å². The third-order valence-corrected chi connectivity index (χ3v) is 10.5. The van der Waals surface area contributed by atoms with Crippen LogP contribution in [-0.4, -0.2) is 4.57 Å². The largest absolute Gasteiger partial charge is 0.310 e. The van der Waals surface area contributed by atoms with Crippen LogP contribution in [0.2, 0.25) is 5.02 Å². The molecule has 0 saturated heterocycles. The lowest BCUT2D eigenvalue weighted by atomic mass is 9.63. The zero-order valence-electron chi connectivity index (χ0n) is 28.5. The molecule has 0 radical (unpaired) electrons. The zero-order valence-corrected chi connectivity index (χ0v) is 29.3. The summed E-state index contributed by atoms with van der Waals surface area (Å²) in [5.41, 5.74) is 12.6. The third-order valence-electron chi connectivity index (χ3n) is 10.3. The first kappa shape index (κ1) is 30.6. The van der Waals surface area contributed by atoms with Crippen LogP contribution in [0.4, 0.5) is 17.1 Å². The molecule has 1 aliphatic rings. The van der Waals surface area contributed by atoms with Gasteiger partial charge in [0.15, 0.2) is 0 Å². The Morgan fingerprint density at radius 3 is 1.91 bits per heavy atom. The van der Waals surface area contributed by atoms with Gasteiger partial charge in [-0.2, -0.15) is 0 Å². The van der Waals surface area contributed by atoms with Crippen LogP contribution in [0.25, 0.3) is 27.5 Å². The van der Waals surface area contributed by atoms with Crippen LogP contribution in [0.3, 0.4) is 0 Å². The lowest BCUT2D eigenvalue weighted by Gasteiger charge is -2.42. The van der Waals surface area contributed by atoms with Gasteiger partial charge in [0.1, 0.15) is 0 Å². The molecule has 0 bridgehead atoms. The van der Waals surface area contributed by atoms with Crippen molar-refractivity contribution in [1.82, 2.24) is 4.57 Å². The van der Waals surface area contributed by atoms with Gasteiger partial charge in [-0.3, -0.25) is 0 Å². The molecule has 0 spiro atoms. The summed E-state index contributed by atoms with van der Waals surface area (Å²) in [5, 5.41) is 3.25.